The Hall–Kier alpha value is -2.63. The van der Waals surface area contributed by atoms with Crippen LogP contribution in [0.5, 0.6) is 0 Å². The minimum absolute atomic E-state index is 0.118. The molecule has 2 heterocycles. The molecular formula is C24H25ClN2O3. The number of aryl methyl sites for hydroxylation is 1. The van der Waals surface area contributed by atoms with Crippen LogP contribution in [0, 0.1) is 0 Å². The summed E-state index contributed by atoms with van der Waals surface area (Å²) in [7, 11) is 0. The van der Waals surface area contributed by atoms with E-state index in [0.717, 1.165) is 18.4 Å². The predicted molar refractivity (Wildman–Crippen MR) is 116 cm³/mol. The maximum Gasteiger partial charge on any atom is 0.223 e. The first kappa shape index (κ1) is 20.6. The third-order valence-electron chi connectivity index (χ3n) is 5.39. The van der Waals surface area contributed by atoms with Gasteiger partial charge in [0.2, 0.25) is 5.91 Å². The minimum atomic E-state index is 0.118. The second-order valence-corrected chi connectivity index (χ2v) is 7.90. The number of hydrogen-bond donors (Lipinski definition) is 0. The summed E-state index contributed by atoms with van der Waals surface area (Å²) in [6, 6.07) is 17.8. The zero-order valence-electron chi connectivity index (χ0n) is 16.8. The number of carbonyl (C=O) groups excluding carboxylic acids is 1. The number of aromatic nitrogens is 1. The monoisotopic (exact) mass is 424 g/mol. The zero-order valence-corrected chi connectivity index (χ0v) is 17.6. The SMILES string of the molecule is O=C(CCc1ncc(-c2ccc(Cl)cc2)o1)N(CCc1ccccc1)[C@@H]1CCOC1. The molecule has 5 nitrogen and oxygen atoms in total. The van der Waals surface area contributed by atoms with Gasteiger partial charge >= 0.3 is 0 Å². The van der Waals surface area contributed by atoms with Crippen LogP contribution in [0.15, 0.2) is 65.2 Å². The van der Waals surface area contributed by atoms with Crippen LogP contribution in [0.25, 0.3) is 11.3 Å². The molecule has 6 heteroatoms. The maximum atomic E-state index is 13.0. The minimum Gasteiger partial charge on any atom is -0.441 e. The highest BCUT2D eigenvalue weighted by atomic mass is 35.5. The molecule has 0 N–H and O–H groups in total. The van der Waals surface area contributed by atoms with E-state index >= 15 is 0 Å². The Morgan fingerprint density at radius 1 is 1.10 bits per heavy atom. The molecule has 1 aliphatic rings. The number of ether oxygens (including phenoxy) is 1. The smallest absolute Gasteiger partial charge is 0.223 e. The topological polar surface area (TPSA) is 55.6 Å². The first-order valence-corrected chi connectivity index (χ1v) is 10.7. The van der Waals surface area contributed by atoms with Crippen LogP contribution >= 0.6 is 11.6 Å². The number of rotatable bonds is 8. The van der Waals surface area contributed by atoms with Crippen molar-refractivity contribution in [3.05, 3.63) is 77.3 Å². The molecule has 0 aliphatic carbocycles. The predicted octanol–water partition coefficient (Wildman–Crippen LogP) is 4.79. The Balaban J connectivity index is 1.37. The third kappa shape index (κ3) is 5.29. The van der Waals surface area contributed by atoms with Crippen molar-refractivity contribution in [2.45, 2.75) is 31.7 Å². The fraction of sp³-hybridized carbons (Fsp3) is 0.333. The van der Waals surface area contributed by atoms with Crippen molar-refractivity contribution in [1.82, 2.24) is 9.88 Å². The van der Waals surface area contributed by atoms with E-state index in [2.05, 4.69) is 17.1 Å². The second kappa shape index (κ2) is 9.92. The van der Waals surface area contributed by atoms with Crippen molar-refractivity contribution in [2.75, 3.05) is 19.8 Å². The lowest BCUT2D eigenvalue weighted by atomic mass is 10.1. The molecule has 4 rings (SSSR count). The molecule has 1 atom stereocenters. The van der Waals surface area contributed by atoms with Crippen LogP contribution in [0.4, 0.5) is 0 Å². The van der Waals surface area contributed by atoms with Crippen molar-refractivity contribution in [3.63, 3.8) is 0 Å². The summed E-state index contributed by atoms with van der Waals surface area (Å²) < 4.78 is 11.4. The maximum absolute atomic E-state index is 13.0. The lowest BCUT2D eigenvalue weighted by molar-refractivity contribution is -0.133. The first-order chi connectivity index (χ1) is 14.7. The van der Waals surface area contributed by atoms with Crippen molar-refractivity contribution < 1.29 is 13.9 Å². The van der Waals surface area contributed by atoms with E-state index in [4.69, 9.17) is 20.8 Å². The van der Waals surface area contributed by atoms with Gasteiger partial charge in [-0.05, 0) is 42.7 Å². The van der Waals surface area contributed by atoms with E-state index in [1.807, 2.05) is 47.4 Å². The van der Waals surface area contributed by atoms with E-state index < -0.39 is 0 Å². The van der Waals surface area contributed by atoms with Crippen LogP contribution in [-0.2, 0) is 22.4 Å². The molecule has 156 valence electrons. The van der Waals surface area contributed by atoms with Gasteiger partial charge in [0.05, 0.1) is 18.8 Å². The fourth-order valence-electron chi connectivity index (χ4n) is 3.70. The van der Waals surface area contributed by atoms with Gasteiger partial charge in [0.25, 0.3) is 0 Å². The molecule has 1 amide bonds. The lowest BCUT2D eigenvalue weighted by Gasteiger charge is -2.28. The summed E-state index contributed by atoms with van der Waals surface area (Å²) >= 11 is 5.94. The molecule has 0 unspecified atom stereocenters. The number of benzene rings is 2. The highest BCUT2D eigenvalue weighted by molar-refractivity contribution is 6.30. The lowest BCUT2D eigenvalue weighted by Crippen LogP contribution is -2.42. The third-order valence-corrected chi connectivity index (χ3v) is 5.64. The highest BCUT2D eigenvalue weighted by Gasteiger charge is 2.27. The number of amides is 1. The summed E-state index contributed by atoms with van der Waals surface area (Å²) in [5, 5.41) is 0.676. The molecule has 0 spiro atoms. The van der Waals surface area contributed by atoms with E-state index in [9.17, 15) is 4.79 Å². The van der Waals surface area contributed by atoms with Crippen LogP contribution in [0.2, 0.25) is 5.02 Å². The second-order valence-electron chi connectivity index (χ2n) is 7.47. The summed E-state index contributed by atoms with van der Waals surface area (Å²) in [5.74, 6) is 1.37. The number of oxazole rings is 1. The van der Waals surface area contributed by atoms with Gasteiger partial charge in [-0.2, -0.15) is 0 Å². The van der Waals surface area contributed by atoms with Gasteiger partial charge in [0, 0.05) is 36.6 Å². The van der Waals surface area contributed by atoms with Gasteiger partial charge in [0.15, 0.2) is 11.7 Å². The standard InChI is InChI=1S/C24H25ClN2O3/c25-20-8-6-19(7-9-20)22-16-26-23(30-22)10-11-24(28)27(21-13-15-29-17-21)14-12-18-4-2-1-3-5-18/h1-9,16,21H,10-15,17H2/t21-/m1/s1. The van der Waals surface area contributed by atoms with E-state index in [-0.39, 0.29) is 11.9 Å². The van der Waals surface area contributed by atoms with Crippen molar-refractivity contribution in [2.24, 2.45) is 0 Å². The molecule has 1 aromatic heterocycles. The quantitative estimate of drug-likeness (QED) is 0.521. The Morgan fingerprint density at radius 3 is 2.63 bits per heavy atom. The highest BCUT2D eigenvalue weighted by Crippen LogP contribution is 2.23. The van der Waals surface area contributed by atoms with E-state index in [1.54, 1.807) is 6.20 Å². The Labute approximate surface area is 181 Å². The fourth-order valence-corrected chi connectivity index (χ4v) is 3.83. The molecule has 0 radical (unpaired) electrons. The van der Waals surface area contributed by atoms with Gasteiger partial charge < -0.3 is 14.1 Å². The van der Waals surface area contributed by atoms with Gasteiger partial charge in [0.1, 0.15) is 0 Å². The molecule has 1 saturated heterocycles. The number of halogens is 1. The van der Waals surface area contributed by atoms with Gasteiger partial charge in [-0.3, -0.25) is 4.79 Å². The van der Waals surface area contributed by atoms with Gasteiger partial charge in [-0.15, -0.1) is 0 Å². The van der Waals surface area contributed by atoms with Crippen LogP contribution < -0.4 is 0 Å². The summed E-state index contributed by atoms with van der Waals surface area (Å²) in [6.45, 7) is 2.02. The number of nitrogens with zero attached hydrogens (tertiary/aromatic N) is 2. The van der Waals surface area contributed by atoms with E-state index in [1.165, 1.54) is 5.56 Å². The number of hydrogen-bond acceptors (Lipinski definition) is 4. The molecule has 0 saturated carbocycles. The summed E-state index contributed by atoms with van der Waals surface area (Å²) in [5.41, 5.74) is 2.14. The van der Waals surface area contributed by atoms with E-state index in [0.29, 0.717) is 49.3 Å². The van der Waals surface area contributed by atoms with Gasteiger partial charge in [-0.25, -0.2) is 4.98 Å². The van der Waals surface area contributed by atoms with Gasteiger partial charge in [-0.1, -0.05) is 41.9 Å². The number of carbonyl (C=O) groups is 1. The van der Waals surface area contributed by atoms with Crippen LogP contribution in [-0.4, -0.2) is 41.6 Å². The molecule has 1 aliphatic heterocycles. The Morgan fingerprint density at radius 2 is 1.90 bits per heavy atom. The molecule has 3 aromatic rings. The molecule has 0 bridgehead atoms. The molecule has 2 aromatic carbocycles. The van der Waals surface area contributed by atoms with Crippen LogP contribution in [0.3, 0.4) is 0 Å². The summed E-state index contributed by atoms with van der Waals surface area (Å²) in [6.07, 6.45) is 4.26. The molecule has 1 fully saturated rings. The van der Waals surface area contributed by atoms with Crippen molar-refractivity contribution >= 4 is 17.5 Å². The molecule has 30 heavy (non-hydrogen) atoms. The Kier molecular flexibility index (Phi) is 6.82. The first-order valence-electron chi connectivity index (χ1n) is 10.3. The van der Waals surface area contributed by atoms with Crippen LogP contribution in [0.1, 0.15) is 24.3 Å². The Bertz CT molecular complexity index is 950. The van der Waals surface area contributed by atoms with Crippen molar-refractivity contribution in [3.8, 4) is 11.3 Å². The average Bonchev–Trinajstić information content (AvgIpc) is 3.46. The average molecular weight is 425 g/mol. The summed E-state index contributed by atoms with van der Waals surface area (Å²) in [4.78, 5) is 19.3. The zero-order chi connectivity index (χ0) is 20.8. The van der Waals surface area contributed by atoms with Crippen molar-refractivity contribution in [1.29, 1.82) is 0 Å². The molecular weight excluding hydrogens is 400 g/mol. The largest absolute Gasteiger partial charge is 0.441 e. The normalized spacial score (nSPS) is 16.0.